The number of amides is 1. The van der Waals surface area contributed by atoms with Crippen molar-refractivity contribution in [3.63, 3.8) is 0 Å². The summed E-state index contributed by atoms with van der Waals surface area (Å²) in [7, 11) is 0. The maximum atomic E-state index is 13.7. The number of carbonyl (C=O) groups is 3. The van der Waals surface area contributed by atoms with E-state index < -0.39 is 23.6 Å². The standard InChI is InChI=1S/C28H25Cl2NO5/c1-18(32)35-25-15-7-21(8-16-25)26-28(36-19(2)33,17-3-4-20-5-9-22(29)10-6-20)27(34)31(26)24-13-11-23(30)12-14-24/h5-16,26H,3-4,17H2,1-2H3/t26-,28+/m0/s1. The molecule has 1 fully saturated rings. The average molecular weight is 526 g/mol. The fourth-order valence-corrected chi connectivity index (χ4v) is 4.86. The number of rotatable bonds is 8. The monoisotopic (exact) mass is 525 g/mol. The highest BCUT2D eigenvalue weighted by Gasteiger charge is 2.64. The van der Waals surface area contributed by atoms with Crippen LogP contribution in [-0.2, 0) is 25.5 Å². The first kappa shape index (κ1) is 25.7. The molecule has 1 aliphatic heterocycles. The van der Waals surface area contributed by atoms with Crippen molar-refractivity contribution in [1.29, 1.82) is 0 Å². The summed E-state index contributed by atoms with van der Waals surface area (Å²) < 4.78 is 11.0. The second-order valence-corrected chi connectivity index (χ2v) is 9.55. The van der Waals surface area contributed by atoms with Gasteiger partial charge in [-0.25, -0.2) is 0 Å². The molecule has 0 bridgehead atoms. The Morgan fingerprint density at radius 2 is 1.44 bits per heavy atom. The highest BCUT2D eigenvalue weighted by Crippen LogP contribution is 2.51. The van der Waals surface area contributed by atoms with Crippen molar-refractivity contribution in [3.05, 3.63) is 94.0 Å². The van der Waals surface area contributed by atoms with E-state index in [1.807, 2.05) is 24.3 Å². The third-order valence-electron chi connectivity index (χ3n) is 6.10. The first-order valence-electron chi connectivity index (χ1n) is 11.5. The molecule has 0 unspecified atom stereocenters. The van der Waals surface area contributed by atoms with Gasteiger partial charge in [0.15, 0.2) is 0 Å². The van der Waals surface area contributed by atoms with Gasteiger partial charge in [0, 0.05) is 29.6 Å². The normalized spacial score (nSPS) is 18.9. The van der Waals surface area contributed by atoms with Gasteiger partial charge in [-0.2, -0.15) is 0 Å². The number of hydrogen-bond donors (Lipinski definition) is 0. The maximum absolute atomic E-state index is 13.7. The van der Waals surface area contributed by atoms with E-state index >= 15 is 0 Å². The third-order valence-corrected chi connectivity index (χ3v) is 6.60. The van der Waals surface area contributed by atoms with Gasteiger partial charge in [0.2, 0.25) is 5.60 Å². The fraction of sp³-hybridized carbons (Fsp3) is 0.250. The number of hydrogen-bond acceptors (Lipinski definition) is 5. The van der Waals surface area contributed by atoms with Crippen LogP contribution in [0.2, 0.25) is 10.0 Å². The molecule has 3 aromatic carbocycles. The number of anilines is 1. The molecule has 0 N–H and O–H groups in total. The largest absolute Gasteiger partial charge is 0.446 e. The Balaban J connectivity index is 1.68. The van der Waals surface area contributed by atoms with Gasteiger partial charge >= 0.3 is 11.9 Å². The minimum absolute atomic E-state index is 0.301. The number of benzene rings is 3. The molecule has 1 heterocycles. The van der Waals surface area contributed by atoms with E-state index in [1.54, 1.807) is 53.4 Å². The molecule has 6 nitrogen and oxygen atoms in total. The molecule has 4 rings (SSSR count). The van der Waals surface area contributed by atoms with Crippen molar-refractivity contribution >= 4 is 46.7 Å². The third kappa shape index (κ3) is 5.40. The molecule has 0 aromatic heterocycles. The molecule has 3 aromatic rings. The van der Waals surface area contributed by atoms with Gasteiger partial charge < -0.3 is 9.47 Å². The van der Waals surface area contributed by atoms with Crippen molar-refractivity contribution in [2.24, 2.45) is 0 Å². The van der Waals surface area contributed by atoms with Crippen LogP contribution in [0.5, 0.6) is 5.75 Å². The topological polar surface area (TPSA) is 72.9 Å². The summed E-state index contributed by atoms with van der Waals surface area (Å²) in [4.78, 5) is 38.9. The van der Waals surface area contributed by atoms with E-state index in [-0.39, 0.29) is 5.91 Å². The predicted molar refractivity (Wildman–Crippen MR) is 138 cm³/mol. The Morgan fingerprint density at radius 1 is 0.861 bits per heavy atom. The molecule has 0 aliphatic carbocycles. The quantitative estimate of drug-likeness (QED) is 0.195. The van der Waals surface area contributed by atoms with Gasteiger partial charge in [-0.05, 0) is 78.9 Å². The summed E-state index contributed by atoms with van der Waals surface area (Å²) in [6, 6.07) is 20.7. The molecule has 2 atom stereocenters. The fourth-order valence-electron chi connectivity index (χ4n) is 4.61. The van der Waals surface area contributed by atoms with Gasteiger partial charge in [0.25, 0.3) is 5.91 Å². The van der Waals surface area contributed by atoms with Crippen molar-refractivity contribution in [2.45, 2.75) is 44.8 Å². The summed E-state index contributed by atoms with van der Waals surface area (Å²) in [6.07, 6.45) is 1.62. The SMILES string of the molecule is CC(=O)Oc1ccc([C@@H]2N(c3ccc(Cl)cc3)C(=O)[C@]2(CCCc2ccc(Cl)cc2)OC(C)=O)cc1. The second kappa shape index (κ2) is 10.7. The minimum atomic E-state index is -1.37. The molecule has 186 valence electrons. The zero-order chi connectivity index (χ0) is 25.9. The number of aryl methyl sites for hydroxylation is 1. The summed E-state index contributed by atoms with van der Waals surface area (Å²) in [6.45, 7) is 2.63. The van der Waals surface area contributed by atoms with Crippen LogP contribution in [-0.4, -0.2) is 23.4 Å². The van der Waals surface area contributed by atoms with Gasteiger partial charge in [-0.1, -0.05) is 47.5 Å². The average Bonchev–Trinajstić information content (AvgIpc) is 2.84. The van der Waals surface area contributed by atoms with E-state index in [0.717, 1.165) is 11.1 Å². The number of ether oxygens (including phenoxy) is 2. The lowest BCUT2D eigenvalue weighted by molar-refractivity contribution is -0.180. The summed E-state index contributed by atoms with van der Waals surface area (Å²) in [5, 5.41) is 1.20. The number of nitrogens with zero attached hydrogens (tertiary/aromatic N) is 1. The van der Waals surface area contributed by atoms with Gasteiger partial charge in [0.05, 0.1) is 0 Å². The molecule has 1 amide bonds. The van der Waals surface area contributed by atoms with Crippen molar-refractivity contribution in [1.82, 2.24) is 0 Å². The van der Waals surface area contributed by atoms with Crippen LogP contribution in [0, 0.1) is 0 Å². The molecule has 1 saturated heterocycles. The lowest BCUT2D eigenvalue weighted by Gasteiger charge is -2.55. The van der Waals surface area contributed by atoms with E-state index in [9.17, 15) is 14.4 Å². The molecular weight excluding hydrogens is 501 g/mol. The van der Waals surface area contributed by atoms with Crippen LogP contribution in [0.3, 0.4) is 0 Å². The number of β-lactam (4-membered cyclic amide) rings is 1. The predicted octanol–water partition coefficient (Wildman–Crippen LogP) is 6.33. The molecule has 36 heavy (non-hydrogen) atoms. The second-order valence-electron chi connectivity index (χ2n) is 8.68. The molecule has 0 saturated carbocycles. The molecule has 0 radical (unpaired) electrons. The number of halogens is 2. The summed E-state index contributed by atoms with van der Waals surface area (Å²) >= 11 is 12.1. The van der Waals surface area contributed by atoms with Gasteiger partial charge in [0.1, 0.15) is 11.8 Å². The van der Waals surface area contributed by atoms with Gasteiger partial charge in [-0.15, -0.1) is 0 Å². The van der Waals surface area contributed by atoms with Crippen molar-refractivity contribution in [3.8, 4) is 5.75 Å². The zero-order valence-corrected chi connectivity index (χ0v) is 21.4. The highest BCUT2D eigenvalue weighted by atomic mass is 35.5. The Bertz CT molecular complexity index is 1260. The van der Waals surface area contributed by atoms with Crippen LogP contribution in [0.1, 0.15) is 43.9 Å². The Kier molecular flexibility index (Phi) is 7.67. The minimum Gasteiger partial charge on any atom is -0.446 e. The lowest BCUT2D eigenvalue weighted by Crippen LogP contribution is -2.70. The highest BCUT2D eigenvalue weighted by molar-refractivity contribution is 6.31. The maximum Gasteiger partial charge on any atom is 0.308 e. The molecular formula is C28H25Cl2NO5. The van der Waals surface area contributed by atoms with E-state index in [1.165, 1.54) is 13.8 Å². The molecule has 0 spiro atoms. The van der Waals surface area contributed by atoms with Crippen molar-refractivity contribution < 1.29 is 23.9 Å². The van der Waals surface area contributed by atoms with Crippen LogP contribution in [0.25, 0.3) is 0 Å². The van der Waals surface area contributed by atoms with Crippen LogP contribution in [0.4, 0.5) is 5.69 Å². The van der Waals surface area contributed by atoms with Crippen molar-refractivity contribution in [2.75, 3.05) is 4.90 Å². The van der Waals surface area contributed by atoms with Crippen LogP contribution < -0.4 is 9.64 Å². The number of esters is 2. The Morgan fingerprint density at radius 3 is 2.00 bits per heavy atom. The molecule has 1 aliphatic rings. The number of carbonyl (C=O) groups excluding carboxylic acids is 3. The van der Waals surface area contributed by atoms with E-state index in [2.05, 4.69) is 0 Å². The Hall–Kier alpha value is -3.35. The summed E-state index contributed by atoms with van der Waals surface area (Å²) in [5.41, 5.74) is 1.08. The summed E-state index contributed by atoms with van der Waals surface area (Å²) in [5.74, 6) is -0.881. The van der Waals surface area contributed by atoms with Crippen LogP contribution in [0.15, 0.2) is 72.8 Å². The zero-order valence-electron chi connectivity index (χ0n) is 19.9. The Labute approximate surface area is 219 Å². The first-order chi connectivity index (χ1) is 17.2. The van der Waals surface area contributed by atoms with Gasteiger partial charge in [-0.3, -0.25) is 19.3 Å². The molecule has 8 heteroatoms. The van der Waals surface area contributed by atoms with Crippen LogP contribution >= 0.6 is 23.2 Å². The lowest BCUT2D eigenvalue weighted by atomic mass is 9.73. The smallest absolute Gasteiger partial charge is 0.308 e. The van der Waals surface area contributed by atoms with E-state index in [4.69, 9.17) is 32.7 Å². The van der Waals surface area contributed by atoms with E-state index in [0.29, 0.717) is 40.7 Å². The first-order valence-corrected chi connectivity index (χ1v) is 12.3.